The minimum atomic E-state index is -0.875. The van der Waals surface area contributed by atoms with Gasteiger partial charge >= 0.3 is 17.9 Å². The van der Waals surface area contributed by atoms with Crippen molar-refractivity contribution in [1.82, 2.24) is 0 Å². The quantitative estimate of drug-likeness (QED) is 0.0301. The second-order valence-corrected chi connectivity index (χ2v) is 14.9. The molecule has 0 saturated carbocycles. The van der Waals surface area contributed by atoms with Crippen molar-refractivity contribution < 1.29 is 38.2 Å². The third-order valence-corrected chi connectivity index (χ3v) is 9.16. The number of esters is 2. The van der Waals surface area contributed by atoms with E-state index in [0.29, 0.717) is 19.3 Å². The second-order valence-electron chi connectivity index (χ2n) is 14.9. The molecular weight excluding hydrogens is 618 g/mol. The number of ether oxygens (including phenoxy) is 3. The van der Waals surface area contributed by atoms with Gasteiger partial charge in [0.15, 0.2) is 12.1 Å². The molecule has 288 valence electrons. The summed E-state index contributed by atoms with van der Waals surface area (Å²) in [6, 6.07) is -0.610. The van der Waals surface area contributed by atoms with Crippen molar-refractivity contribution in [2.24, 2.45) is 0 Å². The maximum Gasteiger partial charge on any atom is 0.362 e. The SMILES string of the molecule is CCCCCCCC/C=C\CCCCCCCC(=O)OC(COCCC(C(=O)O)[N+](C)(C)C)COC(=O)CCCCCCCCCCCC. The maximum atomic E-state index is 12.7. The van der Waals surface area contributed by atoms with E-state index in [1.165, 1.54) is 96.3 Å². The zero-order valence-corrected chi connectivity index (χ0v) is 32.7. The molecule has 0 aromatic carbocycles. The molecule has 0 heterocycles. The van der Waals surface area contributed by atoms with Crippen molar-refractivity contribution in [2.45, 2.75) is 193 Å². The number of hydrogen-bond acceptors (Lipinski definition) is 6. The molecule has 0 aliphatic rings. The van der Waals surface area contributed by atoms with Crippen LogP contribution in [0.3, 0.4) is 0 Å². The number of nitrogens with zero attached hydrogens (tertiary/aromatic N) is 1. The van der Waals surface area contributed by atoms with Gasteiger partial charge in [0, 0.05) is 19.3 Å². The Balaban J connectivity index is 4.38. The van der Waals surface area contributed by atoms with Crippen LogP contribution in [-0.2, 0) is 28.6 Å². The molecule has 0 rings (SSSR count). The number of likely N-dealkylation sites (N-methyl/N-ethyl adjacent to an activating group) is 1. The van der Waals surface area contributed by atoms with Crippen molar-refractivity contribution in [3.63, 3.8) is 0 Å². The topological polar surface area (TPSA) is 99.1 Å². The lowest BCUT2D eigenvalue weighted by atomic mass is 10.1. The van der Waals surface area contributed by atoms with Crippen LogP contribution >= 0.6 is 0 Å². The number of quaternary nitrogens is 1. The van der Waals surface area contributed by atoms with Gasteiger partial charge in [-0.1, -0.05) is 135 Å². The van der Waals surface area contributed by atoms with Gasteiger partial charge in [0.1, 0.15) is 6.61 Å². The van der Waals surface area contributed by atoms with Crippen LogP contribution in [0.1, 0.15) is 181 Å². The van der Waals surface area contributed by atoms with Crippen LogP contribution in [0.25, 0.3) is 0 Å². The predicted molar refractivity (Wildman–Crippen MR) is 202 cm³/mol. The number of rotatable bonds is 36. The van der Waals surface area contributed by atoms with E-state index in [1.54, 1.807) is 0 Å². The molecule has 2 unspecified atom stereocenters. The highest BCUT2D eigenvalue weighted by atomic mass is 16.6. The fourth-order valence-electron chi connectivity index (χ4n) is 5.97. The highest BCUT2D eigenvalue weighted by Crippen LogP contribution is 2.14. The Morgan fingerprint density at radius 3 is 1.47 bits per heavy atom. The van der Waals surface area contributed by atoms with Crippen molar-refractivity contribution in [3.05, 3.63) is 12.2 Å². The zero-order valence-electron chi connectivity index (χ0n) is 32.7. The van der Waals surface area contributed by atoms with Gasteiger partial charge in [-0.25, -0.2) is 4.79 Å². The standard InChI is InChI=1S/C41H77NO7/c1-6-8-10-12-14-16-18-19-20-21-22-24-26-28-30-32-40(44)49-37(35-47-34-33-38(41(45)46)42(3,4)5)36-48-39(43)31-29-27-25-23-17-15-13-11-9-7-2/h19-20,37-38H,6-18,21-36H2,1-5H3/p+1/b20-19-. The summed E-state index contributed by atoms with van der Waals surface area (Å²) in [5, 5.41) is 9.58. The molecule has 8 nitrogen and oxygen atoms in total. The third kappa shape index (κ3) is 31.8. The van der Waals surface area contributed by atoms with Crippen LogP contribution in [-0.4, -0.2) is 80.6 Å². The van der Waals surface area contributed by atoms with Gasteiger partial charge in [-0.2, -0.15) is 0 Å². The number of hydrogen-bond donors (Lipinski definition) is 1. The van der Waals surface area contributed by atoms with Crippen LogP contribution < -0.4 is 0 Å². The predicted octanol–water partition coefficient (Wildman–Crippen LogP) is 10.4. The molecule has 1 N–H and O–H groups in total. The molecule has 8 heteroatoms. The van der Waals surface area contributed by atoms with Crippen molar-refractivity contribution in [3.8, 4) is 0 Å². The summed E-state index contributed by atoms with van der Waals surface area (Å²) >= 11 is 0. The fraction of sp³-hybridized carbons (Fsp3) is 0.878. The maximum absolute atomic E-state index is 12.7. The van der Waals surface area contributed by atoms with Crippen LogP contribution in [0, 0.1) is 0 Å². The first-order chi connectivity index (χ1) is 23.6. The molecule has 0 saturated heterocycles. The summed E-state index contributed by atoms with van der Waals surface area (Å²) in [7, 11) is 5.52. The summed E-state index contributed by atoms with van der Waals surface area (Å²) in [6.07, 6.45) is 32.5. The zero-order chi connectivity index (χ0) is 36.4. The number of carbonyl (C=O) groups is 3. The van der Waals surface area contributed by atoms with Crippen molar-refractivity contribution in [2.75, 3.05) is 41.0 Å². The largest absolute Gasteiger partial charge is 0.477 e. The molecule has 2 atom stereocenters. The first-order valence-corrected chi connectivity index (χ1v) is 20.2. The van der Waals surface area contributed by atoms with Gasteiger partial charge in [-0.15, -0.1) is 0 Å². The summed E-state index contributed by atoms with van der Waals surface area (Å²) in [5.74, 6) is -1.47. The number of carbonyl (C=O) groups excluding carboxylic acids is 2. The number of allylic oxidation sites excluding steroid dienone is 2. The van der Waals surface area contributed by atoms with E-state index in [-0.39, 0.29) is 36.2 Å². The normalized spacial score (nSPS) is 13.1. The molecule has 0 bridgehead atoms. The Bertz CT molecular complexity index is 823. The van der Waals surface area contributed by atoms with Crippen LogP contribution in [0.15, 0.2) is 12.2 Å². The molecule has 0 amide bonds. The first-order valence-electron chi connectivity index (χ1n) is 20.2. The van der Waals surface area contributed by atoms with E-state index in [1.807, 2.05) is 21.1 Å². The van der Waals surface area contributed by atoms with Gasteiger partial charge in [-0.3, -0.25) is 9.59 Å². The average molecular weight is 697 g/mol. The number of carboxylic acid groups (broad SMARTS) is 1. The smallest absolute Gasteiger partial charge is 0.362 e. The molecular formula is C41H78NO7+. The lowest BCUT2D eigenvalue weighted by Crippen LogP contribution is -2.50. The monoisotopic (exact) mass is 697 g/mol. The molecule has 0 aromatic heterocycles. The van der Waals surface area contributed by atoms with E-state index in [0.717, 1.165) is 51.4 Å². The van der Waals surface area contributed by atoms with Crippen molar-refractivity contribution in [1.29, 1.82) is 0 Å². The number of unbranched alkanes of at least 4 members (excludes halogenated alkanes) is 20. The van der Waals surface area contributed by atoms with Crippen molar-refractivity contribution >= 4 is 17.9 Å². The van der Waals surface area contributed by atoms with Crippen LogP contribution in [0.5, 0.6) is 0 Å². The molecule has 0 aliphatic heterocycles. The highest BCUT2D eigenvalue weighted by Gasteiger charge is 2.31. The van der Waals surface area contributed by atoms with E-state index in [2.05, 4.69) is 26.0 Å². The summed E-state index contributed by atoms with van der Waals surface area (Å²) in [4.78, 5) is 36.8. The molecule has 0 aliphatic carbocycles. The Hall–Kier alpha value is -1.93. The summed E-state index contributed by atoms with van der Waals surface area (Å²) in [5.41, 5.74) is 0. The minimum absolute atomic E-state index is 0.0492. The molecule has 49 heavy (non-hydrogen) atoms. The average Bonchev–Trinajstić information content (AvgIpc) is 3.05. The van der Waals surface area contributed by atoms with Gasteiger partial charge in [0.2, 0.25) is 0 Å². The lowest BCUT2D eigenvalue weighted by molar-refractivity contribution is -0.887. The van der Waals surface area contributed by atoms with Gasteiger partial charge in [-0.05, 0) is 38.5 Å². The Kier molecular flexibility index (Phi) is 31.9. The third-order valence-electron chi connectivity index (χ3n) is 9.16. The molecule has 0 radical (unpaired) electrons. The van der Waals surface area contributed by atoms with Crippen LogP contribution in [0.4, 0.5) is 0 Å². The van der Waals surface area contributed by atoms with E-state index < -0.39 is 18.1 Å². The molecule has 0 spiro atoms. The van der Waals surface area contributed by atoms with Gasteiger partial charge in [0.05, 0.1) is 34.4 Å². The highest BCUT2D eigenvalue weighted by molar-refractivity contribution is 5.72. The first kappa shape index (κ1) is 47.1. The molecule has 0 fully saturated rings. The molecule has 0 aromatic rings. The van der Waals surface area contributed by atoms with Crippen LogP contribution in [0.2, 0.25) is 0 Å². The summed E-state index contributed by atoms with van der Waals surface area (Å²) in [6.45, 7) is 4.71. The minimum Gasteiger partial charge on any atom is -0.477 e. The lowest BCUT2D eigenvalue weighted by Gasteiger charge is -2.31. The fourth-order valence-corrected chi connectivity index (χ4v) is 5.97. The van der Waals surface area contributed by atoms with Gasteiger partial charge in [0.25, 0.3) is 0 Å². The number of carboxylic acids is 1. The Morgan fingerprint density at radius 1 is 0.592 bits per heavy atom. The van der Waals surface area contributed by atoms with E-state index in [4.69, 9.17) is 14.2 Å². The van der Waals surface area contributed by atoms with E-state index in [9.17, 15) is 19.5 Å². The second kappa shape index (κ2) is 33.2. The number of aliphatic carboxylic acids is 1. The Morgan fingerprint density at radius 2 is 1.02 bits per heavy atom. The summed E-state index contributed by atoms with van der Waals surface area (Å²) < 4.78 is 17.2. The Labute approximate surface area is 301 Å². The van der Waals surface area contributed by atoms with E-state index >= 15 is 0 Å². The van der Waals surface area contributed by atoms with Gasteiger partial charge < -0.3 is 23.8 Å².